The first-order valence-electron chi connectivity index (χ1n) is 7.54. The molecule has 1 aromatic heterocycles. The van der Waals surface area contributed by atoms with Crippen LogP contribution < -0.4 is 5.32 Å². The van der Waals surface area contributed by atoms with Crippen LogP contribution in [0, 0.1) is 11.8 Å². The number of nitrogens with zero attached hydrogens (tertiary/aromatic N) is 4. The summed E-state index contributed by atoms with van der Waals surface area (Å²) in [5, 5.41) is 3.47. The number of rotatable bonds is 3. The zero-order valence-electron chi connectivity index (χ0n) is 13.1. The van der Waals surface area contributed by atoms with Gasteiger partial charge in [0.2, 0.25) is 0 Å². The second kappa shape index (κ2) is 6.77. The molecule has 1 fully saturated rings. The fourth-order valence-electron chi connectivity index (χ4n) is 2.72. The third-order valence-electron chi connectivity index (χ3n) is 4.01. The van der Waals surface area contributed by atoms with Gasteiger partial charge >= 0.3 is 0 Å². The van der Waals surface area contributed by atoms with Crippen LogP contribution in [0.15, 0.2) is 23.7 Å². The van der Waals surface area contributed by atoms with Gasteiger partial charge in [0.15, 0.2) is 5.96 Å². The standard InChI is InChI=1S/C15H27N5/c1-12(2)9-18-15(16-4)19-7-5-13(3)14(10-19)20-8-6-17-11-20/h6,8,11-14H,5,7,9-10H2,1-4H3,(H,16,18). The molecule has 20 heavy (non-hydrogen) atoms. The average molecular weight is 277 g/mol. The summed E-state index contributed by atoms with van der Waals surface area (Å²) in [7, 11) is 1.87. The summed E-state index contributed by atoms with van der Waals surface area (Å²) in [5.74, 6) is 2.32. The van der Waals surface area contributed by atoms with Crippen LogP contribution in [0.4, 0.5) is 0 Å². The van der Waals surface area contributed by atoms with Gasteiger partial charge in [0.1, 0.15) is 0 Å². The highest BCUT2D eigenvalue weighted by atomic mass is 15.3. The maximum atomic E-state index is 4.43. The van der Waals surface area contributed by atoms with Crippen molar-refractivity contribution in [3.63, 3.8) is 0 Å². The minimum atomic E-state index is 0.476. The van der Waals surface area contributed by atoms with Crippen molar-refractivity contribution in [1.82, 2.24) is 19.8 Å². The lowest BCUT2D eigenvalue weighted by molar-refractivity contribution is 0.188. The van der Waals surface area contributed by atoms with Gasteiger partial charge in [-0.2, -0.15) is 0 Å². The van der Waals surface area contributed by atoms with E-state index in [1.807, 2.05) is 19.6 Å². The van der Waals surface area contributed by atoms with Gasteiger partial charge in [-0.05, 0) is 18.3 Å². The lowest BCUT2D eigenvalue weighted by Gasteiger charge is -2.39. The Bertz CT molecular complexity index is 423. The minimum absolute atomic E-state index is 0.476. The smallest absolute Gasteiger partial charge is 0.193 e. The molecular formula is C15H27N5. The number of aliphatic imine (C=N–C) groups is 1. The first kappa shape index (κ1) is 14.9. The quantitative estimate of drug-likeness (QED) is 0.679. The van der Waals surface area contributed by atoms with Crippen molar-refractivity contribution in [3.05, 3.63) is 18.7 Å². The van der Waals surface area contributed by atoms with Crippen molar-refractivity contribution >= 4 is 5.96 Å². The van der Waals surface area contributed by atoms with Crippen LogP contribution in [-0.4, -0.2) is 47.1 Å². The van der Waals surface area contributed by atoms with Crippen molar-refractivity contribution in [3.8, 4) is 0 Å². The molecule has 5 nitrogen and oxygen atoms in total. The van der Waals surface area contributed by atoms with Gasteiger partial charge in [-0.15, -0.1) is 0 Å². The van der Waals surface area contributed by atoms with E-state index in [4.69, 9.17) is 0 Å². The molecule has 0 aliphatic carbocycles. The number of nitrogens with one attached hydrogen (secondary N) is 1. The van der Waals surface area contributed by atoms with Crippen molar-refractivity contribution in [2.75, 3.05) is 26.7 Å². The summed E-state index contributed by atoms with van der Waals surface area (Å²) in [6, 6.07) is 0.476. The van der Waals surface area contributed by atoms with Crippen molar-refractivity contribution in [1.29, 1.82) is 0 Å². The third-order valence-corrected chi connectivity index (χ3v) is 4.01. The molecule has 0 radical (unpaired) electrons. The molecule has 1 aliphatic heterocycles. The van der Waals surface area contributed by atoms with Crippen LogP contribution >= 0.6 is 0 Å². The van der Waals surface area contributed by atoms with Gasteiger partial charge in [-0.1, -0.05) is 20.8 Å². The highest BCUT2D eigenvalue weighted by Crippen LogP contribution is 2.27. The Labute approximate surface area is 122 Å². The molecule has 0 bridgehead atoms. The molecule has 5 heteroatoms. The molecule has 2 rings (SSSR count). The molecule has 1 N–H and O–H groups in total. The maximum Gasteiger partial charge on any atom is 0.193 e. The Morgan fingerprint density at radius 2 is 2.30 bits per heavy atom. The Hall–Kier alpha value is -1.52. The van der Waals surface area contributed by atoms with E-state index in [1.54, 1.807) is 0 Å². The van der Waals surface area contributed by atoms with Crippen molar-refractivity contribution < 1.29 is 0 Å². The summed E-state index contributed by atoms with van der Waals surface area (Å²) in [4.78, 5) is 11.0. The monoisotopic (exact) mass is 277 g/mol. The fourth-order valence-corrected chi connectivity index (χ4v) is 2.72. The second-order valence-corrected chi connectivity index (χ2v) is 6.11. The summed E-state index contributed by atoms with van der Waals surface area (Å²) in [6.45, 7) is 9.79. The van der Waals surface area contributed by atoms with Gasteiger partial charge in [0.25, 0.3) is 0 Å². The first-order valence-corrected chi connectivity index (χ1v) is 7.54. The third kappa shape index (κ3) is 3.52. The molecular weight excluding hydrogens is 250 g/mol. The molecule has 0 aromatic carbocycles. The lowest BCUT2D eigenvalue weighted by atomic mass is 9.93. The predicted octanol–water partition coefficient (Wildman–Crippen LogP) is 2.00. The predicted molar refractivity (Wildman–Crippen MR) is 82.8 cm³/mol. The van der Waals surface area contributed by atoms with E-state index in [0.29, 0.717) is 17.9 Å². The second-order valence-electron chi connectivity index (χ2n) is 6.11. The van der Waals surface area contributed by atoms with Crippen molar-refractivity contribution in [2.24, 2.45) is 16.8 Å². The largest absolute Gasteiger partial charge is 0.356 e. The number of imidazole rings is 1. The van der Waals surface area contributed by atoms with E-state index in [9.17, 15) is 0 Å². The molecule has 112 valence electrons. The molecule has 2 heterocycles. The number of guanidine groups is 1. The molecule has 1 aromatic rings. The van der Waals surface area contributed by atoms with E-state index in [-0.39, 0.29) is 0 Å². The molecule has 1 aliphatic rings. The Balaban J connectivity index is 2.02. The molecule has 0 amide bonds. The van der Waals surface area contributed by atoms with Gasteiger partial charge in [-0.3, -0.25) is 4.99 Å². The SMILES string of the molecule is CN=C(NCC(C)C)N1CCC(C)C(n2ccnc2)C1. The molecule has 2 unspecified atom stereocenters. The normalized spacial score (nSPS) is 24.2. The van der Waals surface area contributed by atoms with Crippen LogP contribution in [0.2, 0.25) is 0 Å². The fraction of sp³-hybridized carbons (Fsp3) is 0.733. The minimum Gasteiger partial charge on any atom is -0.356 e. The number of piperidine rings is 1. The van der Waals surface area contributed by atoms with E-state index in [2.05, 4.69) is 51.7 Å². The highest BCUT2D eigenvalue weighted by Gasteiger charge is 2.28. The highest BCUT2D eigenvalue weighted by molar-refractivity contribution is 5.80. The van der Waals surface area contributed by atoms with Crippen LogP contribution in [-0.2, 0) is 0 Å². The van der Waals surface area contributed by atoms with E-state index < -0.39 is 0 Å². The first-order chi connectivity index (χ1) is 9.61. The summed E-state index contributed by atoms with van der Waals surface area (Å²) >= 11 is 0. The Morgan fingerprint density at radius 1 is 1.50 bits per heavy atom. The zero-order chi connectivity index (χ0) is 14.5. The molecule has 1 saturated heterocycles. The lowest BCUT2D eigenvalue weighted by Crippen LogP contribution is -2.49. The zero-order valence-corrected chi connectivity index (χ0v) is 13.1. The summed E-state index contributed by atoms with van der Waals surface area (Å²) in [5.41, 5.74) is 0. The molecule has 0 saturated carbocycles. The van der Waals surface area contributed by atoms with Crippen LogP contribution in [0.5, 0.6) is 0 Å². The summed E-state index contributed by atoms with van der Waals surface area (Å²) < 4.78 is 2.23. The molecule has 0 spiro atoms. The Morgan fingerprint density at radius 3 is 2.90 bits per heavy atom. The van der Waals surface area contributed by atoms with E-state index in [0.717, 1.165) is 25.6 Å². The topological polar surface area (TPSA) is 45.5 Å². The van der Waals surface area contributed by atoms with Gasteiger partial charge in [0.05, 0.1) is 12.4 Å². The van der Waals surface area contributed by atoms with Crippen LogP contribution in [0.1, 0.15) is 33.2 Å². The molecule has 2 atom stereocenters. The van der Waals surface area contributed by atoms with Crippen LogP contribution in [0.3, 0.4) is 0 Å². The maximum absolute atomic E-state index is 4.43. The Kier molecular flexibility index (Phi) is 5.04. The number of likely N-dealkylation sites (tertiary alicyclic amines) is 1. The van der Waals surface area contributed by atoms with Gasteiger partial charge < -0.3 is 14.8 Å². The number of hydrogen-bond acceptors (Lipinski definition) is 2. The average Bonchev–Trinajstić information content (AvgIpc) is 2.94. The number of aromatic nitrogens is 2. The van der Waals surface area contributed by atoms with E-state index >= 15 is 0 Å². The summed E-state index contributed by atoms with van der Waals surface area (Å²) in [6.07, 6.45) is 7.03. The number of hydrogen-bond donors (Lipinski definition) is 1. The van der Waals surface area contributed by atoms with E-state index in [1.165, 1.54) is 6.42 Å². The van der Waals surface area contributed by atoms with Crippen molar-refractivity contribution in [2.45, 2.75) is 33.2 Å². The van der Waals surface area contributed by atoms with Gasteiger partial charge in [-0.25, -0.2) is 4.98 Å². The van der Waals surface area contributed by atoms with Gasteiger partial charge in [0, 0.05) is 39.1 Å². The van der Waals surface area contributed by atoms with Crippen LogP contribution in [0.25, 0.3) is 0 Å².